The molecule has 0 fully saturated rings. The van der Waals surface area contributed by atoms with Crippen LogP contribution in [-0.2, 0) is 6.42 Å². The number of rotatable bonds is 3. The molecule has 6 heteroatoms. The molecule has 1 aromatic heterocycles. The van der Waals surface area contributed by atoms with Gasteiger partial charge in [0.2, 0.25) is 0 Å². The number of nitrogens with zero attached hydrogens (tertiary/aromatic N) is 1. The van der Waals surface area contributed by atoms with Crippen LogP contribution in [0, 0.1) is 5.82 Å². The van der Waals surface area contributed by atoms with Crippen molar-refractivity contribution in [1.82, 2.24) is 4.98 Å². The number of nitrogens with two attached hydrogens (primary N) is 1. The second-order valence-corrected chi connectivity index (χ2v) is 5.17. The van der Waals surface area contributed by atoms with Crippen LogP contribution in [0.2, 0.25) is 10.0 Å². The summed E-state index contributed by atoms with van der Waals surface area (Å²) < 4.78 is 13.4. The van der Waals surface area contributed by atoms with E-state index in [2.05, 4.69) is 4.98 Å². The largest absolute Gasteiger partial charge is 0.330 e. The lowest BCUT2D eigenvalue weighted by Crippen LogP contribution is -2.02. The average Bonchev–Trinajstić information content (AvgIpc) is 2.72. The summed E-state index contributed by atoms with van der Waals surface area (Å²) in [6, 6.07) is 2.68. The lowest BCUT2D eigenvalue weighted by Gasteiger charge is -2.02. The Balaban J connectivity index is 2.41. The molecular formula is C11H9Cl2FN2S. The van der Waals surface area contributed by atoms with Gasteiger partial charge in [0.05, 0.1) is 20.7 Å². The summed E-state index contributed by atoms with van der Waals surface area (Å²) in [6.07, 6.45) is 0.707. The van der Waals surface area contributed by atoms with Crippen LogP contribution in [0.25, 0.3) is 11.3 Å². The Kier molecular flexibility index (Phi) is 3.99. The lowest BCUT2D eigenvalue weighted by molar-refractivity contribution is 0.628. The highest BCUT2D eigenvalue weighted by Gasteiger charge is 2.12. The third-order valence-corrected chi connectivity index (χ3v) is 3.71. The first-order valence-corrected chi connectivity index (χ1v) is 6.54. The van der Waals surface area contributed by atoms with Crippen molar-refractivity contribution in [3.05, 3.63) is 38.4 Å². The van der Waals surface area contributed by atoms with Crippen LogP contribution in [0.5, 0.6) is 0 Å². The van der Waals surface area contributed by atoms with Crippen molar-refractivity contribution in [2.24, 2.45) is 5.73 Å². The normalized spacial score (nSPS) is 10.8. The quantitative estimate of drug-likeness (QED) is 0.875. The van der Waals surface area contributed by atoms with Gasteiger partial charge in [-0.15, -0.1) is 11.3 Å². The van der Waals surface area contributed by atoms with Crippen LogP contribution in [0.3, 0.4) is 0 Å². The molecule has 0 saturated heterocycles. The smallest absolute Gasteiger partial charge is 0.142 e. The van der Waals surface area contributed by atoms with Gasteiger partial charge in [-0.1, -0.05) is 23.2 Å². The summed E-state index contributed by atoms with van der Waals surface area (Å²) in [4.78, 5) is 4.35. The van der Waals surface area contributed by atoms with E-state index in [1.807, 2.05) is 5.38 Å². The SMILES string of the molecule is NCCc1nc(-c2cc(F)c(Cl)cc2Cl)cs1. The number of benzene rings is 1. The number of halogens is 3. The Hall–Kier alpha value is -0.680. The van der Waals surface area contributed by atoms with E-state index in [0.29, 0.717) is 29.2 Å². The molecule has 0 atom stereocenters. The zero-order valence-electron chi connectivity index (χ0n) is 8.71. The minimum atomic E-state index is -0.501. The fraction of sp³-hybridized carbons (Fsp3) is 0.182. The van der Waals surface area contributed by atoms with E-state index in [-0.39, 0.29) is 5.02 Å². The van der Waals surface area contributed by atoms with Gasteiger partial charge in [-0.3, -0.25) is 0 Å². The Morgan fingerprint density at radius 1 is 1.29 bits per heavy atom. The van der Waals surface area contributed by atoms with Gasteiger partial charge in [0, 0.05) is 17.4 Å². The van der Waals surface area contributed by atoms with Crippen LogP contribution in [0.1, 0.15) is 5.01 Å². The van der Waals surface area contributed by atoms with E-state index in [0.717, 1.165) is 5.01 Å². The van der Waals surface area contributed by atoms with Gasteiger partial charge in [0.25, 0.3) is 0 Å². The van der Waals surface area contributed by atoms with Gasteiger partial charge in [-0.2, -0.15) is 0 Å². The molecule has 0 bridgehead atoms. The van der Waals surface area contributed by atoms with E-state index in [4.69, 9.17) is 28.9 Å². The molecule has 0 aliphatic carbocycles. The van der Waals surface area contributed by atoms with Crippen LogP contribution in [-0.4, -0.2) is 11.5 Å². The van der Waals surface area contributed by atoms with Gasteiger partial charge in [0.1, 0.15) is 5.82 Å². The predicted octanol–water partition coefficient (Wildman–Crippen LogP) is 3.76. The number of hydrogen-bond acceptors (Lipinski definition) is 3. The van der Waals surface area contributed by atoms with Crippen molar-refractivity contribution >= 4 is 34.5 Å². The van der Waals surface area contributed by atoms with Crippen molar-refractivity contribution in [2.75, 3.05) is 6.54 Å². The van der Waals surface area contributed by atoms with E-state index in [1.54, 1.807) is 0 Å². The topological polar surface area (TPSA) is 38.9 Å². The molecule has 0 saturated carbocycles. The number of aromatic nitrogens is 1. The third-order valence-electron chi connectivity index (χ3n) is 2.20. The van der Waals surface area contributed by atoms with Crippen molar-refractivity contribution < 1.29 is 4.39 Å². The van der Waals surface area contributed by atoms with Gasteiger partial charge >= 0.3 is 0 Å². The molecule has 90 valence electrons. The molecule has 2 nitrogen and oxygen atoms in total. The molecule has 2 N–H and O–H groups in total. The van der Waals surface area contributed by atoms with Gasteiger partial charge in [0.15, 0.2) is 0 Å². The van der Waals surface area contributed by atoms with Gasteiger partial charge < -0.3 is 5.73 Å². The van der Waals surface area contributed by atoms with Crippen molar-refractivity contribution in [2.45, 2.75) is 6.42 Å². The average molecular weight is 291 g/mol. The summed E-state index contributed by atoms with van der Waals surface area (Å²) >= 11 is 13.1. The highest BCUT2D eigenvalue weighted by atomic mass is 35.5. The zero-order chi connectivity index (χ0) is 12.4. The molecule has 0 aliphatic rings. The van der Waals surface area contributed by atoms with Gasteiger partial charge in [-0.25, -0.2) is 9.37 Å². The number of thiazole rings is 1. The summed E-state index contributed by atoms with van der Waals surface area (Å²) in [5.74, 6) is -0.501. The minimum absolute atomic E-state index is 0.0103. The highest BCUT2D eigenvalue weighted by molar-refractivity contribution is 7.09. The van der Waals surface area contributed by atoms with Crippen LogP contribution in [0.4, 0.5) is 4.39 Å². The molecule has 1 aromatic carbocycles. The molecule has 0 unspecified atom stereocenters. The second kappa shape index (κ2) is 5.31. The second-order valence-electron chi connectivity index (χ2n) is 3.41. The molecule has 0 amide bonds. The fourth-order valence-corrected chi connectivity index (χ4v) is 2.69. The lowest BCUT2D eigenvalue weighted by atomic mass is 10.1. The first kappa shape index (κ1) is 12.8. The standard InChI is InChI=1S/C11H9Cl2FN2S/c12-7-4-8(13)9(14)3-6(7)10-5-17-11(16-10)1-2-15/h3-5H,1-2,15H2. The molecule has 17 heavy (non-hydrogen) atoms. The summed E-state index contributed by atoms with van der Waals surface area (Å²) in [6.45, 7) is 0.537. The van der Waals surface area contributed by atoms with Gasteiger partial charge in [-0.05, 0) is 18.7 Å². The Morgan fingerprint density at radius 2 is 2.06 bits per heavy atom. The summed E-state index contributed by atoms with van der Waals surface area (Å²) in [7, 11) is 0. The van der Waals surface area contributed by atoms with Crippen LogP contribution < -0.4 is 5.73 Å². The molecule has 2 aromatic rings. The zero-order valence-corrected chi connectivity index (χ0v) is 11.0. The van der Waals surface area contributed by atoms with E-state index in [1.165, 1.54) is 23.5 Å². The molecule has 0 spiro atoms. The third kappa shape index (κ3) is 2.77. The minimum Gasteiger partial charge on any atom is -0.330 e. The Morgan fingerprint density at radius 3 is 2.76 bits per heavy atom. The maximum Gasteiger partial charge on any atom is 0.142 e. The monoisotopic (exact) mass is 290 g/mol. The summed E-state index contributed by atoms with van der Waals surface area (Å²) in [5.41, 5.74) is 6.65. The Bertz CT molecular complexity index is 542. The Labute approximate surface area is 112 Å². The van der Waals surface area contributed by atoms with E-state index < -0.39 is 5.82 Å². The van der Waals surface area contributed by atoms with E-state index >= 15 is 0 Å². The molecule has 1 heterocycles. The predicted molar refractivity (Wildman–Crippen MR) is 70.3 cm³/mol. The molecule has 0 radical (unpaired) electrons. The molecule has 2 rings (SSSR count). The van der Waals surface area contributed by atoms with E-state index in [9.17, 15) is 4.39 Å². The first-order valence-electron chi connectivity index (χ1n) is 4.91. The first-order chi connectivity index (χ1) is 8.11. The fourth-order valence-electron chi connectivity index (χ4n) is 1.39. The van der Waals surface area contributed by atoms with Crippen LogP contribution in [0.15, 0.2) is 17.5 Å². The number of hydrogen-bond donors (Lipinski definition) is 1. The van der Waals surface area contributed by atoms with Crippen molar-refractivity contribution in [1.29, 1.82) is 0 Å². The maximum atomic E-state index is 13.4. The van der Waals surface area contributed by atoms with Crippen molar-refractivity contribution in [3.63, 3.8) is 0 Å². The highest BCUT2D eigenvalue weighted by Crippen LogP contribution is 2.32. The van der Waals surface area contributed by atoms with Crippen LogP contribution >= 0.6 is 34.5 Å². The molecular weight excluding hydrogens is 282 g/mol. The molecule has 0 aliphatic heterocycles. The summed E-state index contributed by atoms with van der Waals surface area (Å²) in [5, 5.41) is 3.14. The maximum absolute atomic E-state index is 13.4. The van der Waals surface area contributed by atoms with Crippen molar-refractivity contribution in [3.8, 4) is 11.3 Å².